The molecular formula is C40H24N4O2S2. The number of fused-ring (bicyclic) bond motifs is 5. The molecule has 3 heterocycles. The molecule has 0 fully saturated rings. The van der Waals surface area contributed by atoms with Gasteiger partial charge >= 0.3 is 0 Å². The van der Waals surface area contributed by atoms with Crippen LogP contribution in [0.5, 0.6) is 0 Å². The molecule has 0 radical (unpaired) electrons. The molecule has 2 aliphatic rings. The van der Waals surface area contributed by atoms with E-state index < -0.39 is 0 Å². The van der Waals surface area contributed by atoms with Gasteiger partial charge in [-0.3, -0.25) is 9.59 Å². The molecule has 0 N–H and O–H groups in total. The minimum atomic E-state index is -0.214. The monoisotopic (exact) mass is 656 g/mol. The van der Waals surface area contributed by atoms with Gasteiger partial charge in [-0.1, -0.05) is 74.7 Å². The molecule has 1 atom stereocenters. The van der Waals surface area contributed by atoms with Crippen LogP contribution in [0.15, 0.2) is 83.0 Å². The molecule has 0 amide bonds. The van der Waals surface area contributed by atoms with Crippen molar-refractivity contribution >= 4 is 78.0 Å². The lowest BCUT2D eigenvalue weighted by Gasteiger charge is -2.11. The quantitative estimate of drug-likeness (QED) is 0.106. The molecule has 0 saturated heterocycles. The van der Waals surface area contributed by atoms with E-state index >= 15 is 0 Å². The summed E-state index contributed by atoms with van der Waals surface area (Å²) in [6, 6.07) is 24.5. The second kappa shape index (κ2) is 12.0. The van der Waals surface area contributed by atoms with Crippen LogP contribution in [0.4, 0.5) is 0 Å². The summed E-state index contributed by atoms with van der Waals surface area (Å²) < 4.78 is 4.38. The maximum atomic E-state index is 13.6. The first-order chi connectivity index (χ1) is 23.3. The minimum absolute atomic E-state index is 0.0957. The van der Waals surface area contributed by atoms with E-state index in [4.69, 9.17) is 6.42 Å². The number of allylic oxidation sites excluding steroid dienone is 6. The Morgan fingerprint density at radius 1 is 0.771 bits per heavy atom. The van der Waals surface area contributed by atoms with Gasteiger partial charge < -0.3 is 4.57 Å². The van der Waals surface area contributed by atoms with Gasteiger partial charge in [0, 0.05) is 49.7 Å². The number of terminal acetylenes is 1. The lowest BCUT2D eigenvalue weighted by atomic mass is 9.99. The normalized spacial score (nSPS) is 16.9. The topological polar surface area (TPSA) is 110 Å². The Kier molecular flexibility index (Phi) is 7.63. The van der Waals surface area contributed by atoms with Gasteiger partial charge in [0.1, 0.15) is 29.4 Å². The zero-order valence-electron chi connectivity index (χ0n) is 25.9. The summed E-state index contributed by atoms with van der Waals surface area (Å²) in [6.45, 7) is 5.13. The van der Waals surface area contributed by atoms with E-state index in [9.17, 15) is 25.4 Å². The number of hydrogen-bond donors (Lipinski definition) is 0. The van der Waals surface area contributed by atoms with Crippen molar-refractivity contribution < 1.29 is 9.59 Å². The van der Waals surface area contributed by atoms with Gasteiger partial charge in [0.05, 0.1) is 20.4 Å². The summed E-state index contributed by atoms with van der Waals surface area (Å²) in [5, 5.41) is 29.3. The first-order valence-corrected chi connectivity index (χ1v) is 16.9. The SMILES string of the molecule is C#CC(C#N)=C1/C(=C/c2cc3c(s2)c2sc(/C=C4\C(=O)c5ccccc5C4=C(C#N)C#N)cc2n3CC(C)CC)C(=O)c2ccccc21. The summed E-state index contributed by atoms with van der Waals surface area (Å²) >= 11 is 3.10. The fourth-order valence-corrected chi connectivity index (χ4v) is 8.80. The molecule has 0 bridgehead atoms. The molecule has 2 aromatic carbocycles. The second-order valence-corrected chi connectivity index (χ2v) is 13.9. The van der Waals surface area contributed by atoms with Crippen LogP contribution in [0, 0.1) is 52.3 Å². The molecule has 7 rings (SSSR count). The van der Waals surface area contributed by atoms with E-state index in [1.165, 1.54) is 0 Å². The predicted molar refractivity (Wildman–Crippen MR) is 192 cm³/mol. The number of rotatable bonds is 5. The Bertz CT molecular complexity index is 2370. The fourth-order valence-electron chi connectivity index (χ4n) is 6.44. The Balaban J connectivity index is 1.41. The molecule has 8 heteroatoms. The van der Waals surface area contributed by atoms with Gasteiger partial charge in [-0.15, -0.1) is 29.1 Å². The van der Waals surface area contributed by atoms with E-state index in [2.05, 4.69) is 42.5 Å². The van der Waals surface area contributed by atoms with Gasteiger partial charge in [0.2, 0.25) is 0 Å². The van der Waals surface area contributed by atoms with Crippen LogP contribution in [0.2, 0.25) is 0 Å². The summed E-state index contributed by atoms with van der Waals surface area (Å²) in [4.78, 5) is 28.9. The number of carbonyl (C=O) groups is 2. The Morgan fingerprint density at radius 2 is 1.21 bits per heavy atom. The van der Waals surface area contributed by atoms with Crippen molar-refractivity contribution in [3.8, 4) is 30.6 Å². The summed E-state index contributed by atoms with van der Waals surface area (Å²) in [5.41, 5.74) is 5.94. The lowest BCUT2D eigenvalue weighted by molar-refractivity contribution is 0.103. The number of nitrogens with zero attached hydrogens (tertiary/aromatic N) is 4. The molecule has 0 saturated carbocycles. The van der Waals surface area contributed by atoms with Crippen molar-refractivity contribution in [1.82, 2.24) is 4.57 Å². The van der Waals surface area contributed by atoms with E-state index in [1.807, 2.05) is 30.3 Å². The first-order valence-electron chi connectivity index (χ1n) is 15.3. The van der Waals surface area contributed by atoms with Crippen molar-refractivity contribution in [1.29, 1.82) is 15.8 Å². The molecule has 6 nitrogen and oxygen atoms in total. The van der Waals surface area contributed by atoms with Crippen molar-refractivity contribution in [2.75, 3.05) is 0 Å². The molecule has 0 aliphatic heterocycles. The molecule has 2 aliphatic carbocycles. The molecular weight excluding hydrogens is 633 g/mol. The van der Waals surface area contributed by atoms with Crippen LogP contribution in [0.3, 0.4) is 0 Å². The number of hydrogen-bond acceptors (Lipinski definition) is 7. The largest absolute Gasteiger partial charge is 0.339 e. The van der Waals surface area contributed by atoms with Crippen LogP contribution in [-0.2, 0) is 6.54 Å². The maximum Gasteiger partial charge on any atom is 0.194 e. The average Bonchev–Trinajstić information content (AvgIpc) is 3.89. The van der Waals surface area contributed by atoms with E-state index in [0.29, 0.717) is 50.5 Å². The highest BCUT2D eigenvalue weighted by Gasteiger charge is 2.34. The molecule has 48 heavy (non-hydrogen) atoms. The van der Waals surface area contributed by atoms with Gasteiger partial charge in [-0.25, -0.2) is 0 Å². The van der Waals surface area contributed by atoms with Gasteiger partial charge in [-0.2, -0.15) is 15.8 Å². The molecule has 3 aromatic heterocycles. The van der Waals surface area contributed by atoms with Gasteiger partial charge in [0.25, 0.3) is 0 Å². The number of benzene rings is 2. The zero-order chi connectivity index (χ0) is 33.7. The highest BCUT2D eigenvalue weighted by molar-refractivity contribution is 7.28. The van der Waals surface area contributed by atoms with E-state index in [-0.39, 0.29) is 22.7 Å². The van der Waals surface area contributed by atoms with Gasteiger partial charge in [-0.05, 0) is 41.3 Å². The van der Waals surface area contributed by atoms with Gasteiger partial charge in [0.15, 0.2) is 11.6 Å². The van der Waals surface area contributed by atoms with Crippen molar-refractivity contribution in [2.24, 2.45) is 5.92 Å². The fraction of sp³-hybridized carbons (Fsp3) is 0.125. The molecule has 1 unspecified atom stereocenters. The van der Waals surface area contributed by atoms with Crippen LogP contribution in [0.25, 0.3) is 43.7 Å². The third kappa shape index (κ3) is 4.67. The lowest BCUT2D eigenvalue weighted by Crippen LogP contribution is -2.05. The van der Waals surface area contributed by atoms with Crippen LogP contribution >= 0.6 is 22.7 Å². The predicted octanol–water partition coefficient (Wildman–Crippen LogP) is 9.23. The summed E-state index contributed by atoms with van der Waals surface area (Å²) in [6.07, 6.45) is 10.3. The highest BCUT2D eigenvalue weighted by atomic mass is 32.1. The Labute approximate surface area is 285 Å². The van der Waals surface area contributed by atoms with E-state index in [0.717, 1.165) is 43.2 Å². The number of ketones is 2. The zero-order valence-corrected chi connectivity index (χ0v) is 27.6. The second-order valence-electron chi connectivity index (χ2n) is 11.7. The minimum Gasteiger partial charge on any atom is -0.339 e. The summed E-state index contributed by atoms with van der Waals surface area (Å²) in [7, 11) is 0. The Hall–Kier alpha value is -6.03. The number of carbonyl (C=O) groups excluding carboxylic acids is 2. The number of aromatic nitrogens is 1. The summed E-state index contributed by atoms with van der Waals surface area (Å²) in [5.74, 6) is 2.47. The van der Waals surface area contributed by atoms with Crippen molar-refractivity contribution in [2.45, 2.75) is 26.8 Å². The molecule has 5 aromatic rings. The van der Waals surface area contributed by atoms with Crippen molar-refractivity contribution in [3.63, 3.8) is 0 Å². The van der Waals surface area contributed by atoms with E-state index in [1.54, 1.807) is 65.1 Å². The van der Waals surface area contributed by atoms with Crippen LogP contribution in [-0.4, -0.2) is 16.1 Å². The third-order valence-electron chi connectivity index (χ3n) is 8.90. The number of thiophene rings is 2. The number of Topliss-reactive ketones (excluding diaryl/α,β-unsaturated/α-hetero) is 2. The molecule has 228 valence electrons. The smallest absolute Gasteiger partial charge is 0.194 e. The molecule has 0 spiro atoms. The Morgan fingerprint density at radius 3 is 1.62 bits per heavy atom. The standard InChI is InChI=1S/C40H24N4O2S2/c1-4-22(3)21-44-33-16-25(14-31-35(23(5-2)18-41)27-10-6-8-12-29(27)37(31)45)47-39(33)40-34(44)17-26(48-40)15-32-36(24(19-42)20-43)28-11-7-9-13-30(28)38(32)46/h2,6-17,22H,4,21H2,1,3H3/b31-14-,32-15-,35-23?. The average molecular weight is 657 g/mol. The number of nitriles is 3. The third-order valence-corrected chi connectivity index (χ3v) is 11.2. The van der Waals surface area contributed by atoms with Crippen LogP contribution in [0.1, 0.15) is 61.9 Å². The first kappa shape index (κ1) is 30.6. The van der Waals surface area contributed by atoms with Crippen molar-refractivity contribution in [3.05, 3.63) is 115 Å². The highest BCUT2D eigenvalue weighted by Crippen LogP contribution is 2.46. The maximum absolute atomic E-state index is 13.6. The van der Waals surface area contributed by atoms with Crippen LogP contribution < -0.4 is 0 Å².